The lowest BCUT2D eigenvalue weighted by Gasteiger charge is -2.28. The number of nitrogens with one attached hydrogen (secondary N) is 1. The summed E-state index contributed by atoms with van der Waals surface area (Å²) in [4.78, 5) is 0. The van der Waals surface area contributed by atoms with E-state index < -0.39 is 12.1 Å². The molecule has 0 aliphatic heterocycles. The lowest BCUT2D eigenvalue weighted by Crippen LogP contribution is -2.27. The molecule has 1 aliphatic carbocycles. The number of nitrogens with zero attached hydrogens (tertiary/aromatic N) is 2. The molecule has 7 heteroatoms. The predicted molar refractivity (Wildman–Crippen MR) is 72.8 cm³/mol. The lowest BCUT2D eigenvalue weighted by atomic mass is 9.82. The number of halogens is 3. The van der Waals surface area contributed by atoms with Gasteiger partial charge in [-0.15, -0.1) is 10.2 Å². The Labute approximate surface area is 121 Å². The van der Waals surface area contributed by atoms with Gasteiger partial charge in [0.2, 0.25) is 0 Å². The van der Waals surface area contributed by atoms with E-state index in [4.69, 9.17) is 0 Å². The quantitative estimate of drug-likeness (QED) is 0.912. The topological polar surface area (TPSA) is 37.8 Å². The number of hydrogen-bond donors (Lipinski definition) is 1. The Morgan fingerprint density at radius 3 is 2.45 bits per heavy atom. The largest absolute Gasteiger partial charge is 0.391 e. The van der Waals surface area contributed by atoms with Crippen LogP contribution in [-0.4, -0.2) is 22.9 Å². The van der Waals surface area contributed by atoms with Gasteiger partial charge in [0.05, 0.1) is 12.0 Å². The third-order valence-corrected chi connectivity index (χ3v) is 5.14. The van der Waals surface area contributed by atoms with Gasteiger partial charge in [0, 0.05) is 5.92 Å². The van der Waals surface area contributed by atoms with Crippen LogP contribution in [0.4, 0.5) is 13.2 Å². The summed E-state index contributed by atoms with van der Waals surface area (Å²) >= 11 is 1.53. The van der Waals surface area contributed by atoms with Crippen molar-refractivity contribution in [1.82, 2.24) is 15.5 Å². The predicted octanol–water partition coefficient (Wildman–Crippen LogP) is 4.04. The Hall–Kier alpha value is -0.690. The SMILES string of the molecule is CCNC(C)c1nnc(C2CCC(C(F)(F)F)CC2)s1. The highest BCUT2D eigenvalue weighted by Crippen LogP contribution is 2.43. The van der Waals surface area contributed by atoms with Crippen molar-refractivity contribution in [1.29, 1.82) is 0 Å². The van der Waals surface area contributed by atoms with Gasteiger partial charge >= 0.3 is 6.18 Å². The van der Waals surface area contributed by atoms with Gasteiger partial charge in [-0.2, -0.15) is 13.2 Å². The van der Waals surface area contributed by atoms with Crippen LogP contribution in [0.5, 0.6) is 0 Å². The van der Waals surface area contributed by atoms with E-state index in [0.717, 1.165) is 16.6 Å². The summed E-state index contributed by atoms with van der Waals surface area (Å²) in [5, 5.41) is 13.4. The van der Waals surface area contributed by atoms with Gasteiger partial charge in [-0.05, 0) is 39.2 Å². The molecule has 1 heterocycles. The molecule has 1 aromatic rings. The van der Waals surface area contributed by atoms with E-state index in [1.807, 2.05) is 13.8 Å². The zero-order valence-corrected chi connectivity index (χ0v) is 12.5. The summed E-state index contributed by atoms with van der Waals surface area (Å²) in [5.41, 5.74) is 0. The fourth-order valence-electron chi connectivity index (χ4n) is 2.65. The summed E-state index contributed by atoms with van der Waals surface area (Å²) in [5.74, 6) is -0.986. The molecule has 20 heavy (non-hydrogen) atoms. The van der Waals surface area contributed by atoms with Crippen LogP contribution in [0.3, 0.4) is 0 Å². The monoisotopic (exact) mass is 307 g/mol. The number of aromatic nitrogens is 2. The maximum Gasteiger partial charge on any atom is 0.391 e. The van der Waals surface area contributed by atoms with E-state index in [0.29, 0.717) is 12.8 Å². The first kappa shape index (κ1) is 15.7. The molecular weight excluding hydrogens is 287 g/mol. The third-order valence-electron chi connectivity index (χ3n) is 3.88. The zero-order chi connectivity index (χ0) is 14.8. The Morgan fingerprint density at radius 2 is 1.90 bits per heavy atom. The highest BCUT2D eigenvalue weighted by atomic mass is 32.1. The summed E-state index contributed by atoms with van der Waals surface area (Å²) < 4.78 is 37.9. The molecule has 1 atom stereocenters. The minimum Gasteiger partial charge on any atom is -0.308 e. The molecule has 0 bridgehead atoms. The summed E-state index contributed by atoms with van der Waals surface area (Å²) in [6.07, 6.45) is -2.49. The maximum atomic E-state index is 12.6. The molecule has 1 aliphatic rings. The third kappa shape index (κ3) is 3.69. The van der Waals surface area contributed by atoms with Crippen molar-refractivity contribution in [2.75, 3.05) is 6.54 Å². The molecule has 1 unspecified atom stereocenters. The van der Waals surface area contributed by atoms with Gasteiger partial charge in [0.1, 0.15) is 10.0 Å². The number of rotatable bonds is 4. The molecule has 0 radical (unpaired) electrons. The molecule has 2 rings (SSSR count). The minimum atomic E-state index is -4.04. The van der Waals surface area contributed by atoms with E-state index in [9.17, 15) is 13.2 Å². The van der Waals surface area contributed by atoms with Gasteiger partial charge in [0.15, 0.2) is 0 Å². The smallest absolute Gasteiger partial charge is 0.308 e. The highest BCUT2D eigenvalue weighted by Gasteiger charge is 2.42. The minimum absolute atomic E-state index is 0.147. The molecular formula is C13H20F3N3S. The van der Waals surface area contributed by atoms with Crippen molar-refractivity contribution in [3.63, 3.8) is 0 Å². The van der Waals surface area contributed by atoms with E-state index >= 15 is 0 Å². The second kappa shape index (κ2) is 6.39. The number of hydrogen-bond acceptors (Lipinski definition) is 4. The summed E-state index contributed by atoms with van der Waals surface area (Å²) in [6.45, 7) is 4.90. The molecule has 0 amide bonds. The Kier molecular flexibility index (Phi) is 5.01. The maximum absolute atomic E-state index is 12.6. The van der Waals surface area contributed by atoms with Crippen LogP contribution in [0.15, 0.2) is 0 Å². The molecule has 1 fully saturated rings. The first-order valence-corrected chi connectivity index (χ1v) is 7.86. The van der Waals surface area contributed by atoms with Crippen LogP contribution >= 0.6 is 11.3 Å². The first-order chi connectivity index (χ1) is 9.41. The van der Waals surface area contributed by atoms with Crippen LogP contribution < -0.4 is 5.32 Å². The van der Waals surface area contributed by atoms with E-state index in [1.165, 1.54) is 11.3 Å². The molecule has 1 saturated carbocycles. The van der Waals surface area contributed by atoms with Crippen molar-refractivity contribution >= 4 is 11.3 Å². The fourth-order valence-corrected chi connectivity index (χ4v) is 3.69. The second-order valence-electron chi connectivity index (χ2n) is 5.35. The van der Waals surface area contributed by atoms with Gasteiger partial charge in [-0.25, -0.2) is 0 Å². The molecule has 114 valence electrons. The van der Waals surface area contributed by atoms with Crippen LogP contribution in [0.1, 0.15) is 61.5 Å². The Bertz CT molecular complexity index is 425. The van der Waals surface area contributed by atoms with Crippen molar-refractivity contribution in [3.8, 4) is 0 Å². The Morgan fingerprint density at radius 1 is 1.25 bits per heavy atom. The van der Waals surface area contributed by atoms with Gasteiger partial charge in [-0.1, -0.05) is 18.3 Å². The molecule has 0 saturated heterocycles. The van der Waals surface area contributed by atoms with Gasteiger partial charge in [-0.3, -0.25) is 0 Å². The number of alkyl halides is 3. The van der Waals surface area contributed by atoms with Gasteiger partial charge in [0.25, 0.3) is 0 Å². The van der Waals surface area contributed by atoms with Crippen molar-refractivity contribution in [3.05, 3.63) is 10.0 Å². The highest BCUT2D eigenvalue weighted by molar-refractivity contribution is 7.11. The second-order valence-corrected chi connectivity index (χ2v) is 6.39. The summed E-state index contributed by atoms with van der Waals surface area (Å²) in [6, 6.07) is 0.151. The van der Waals surface area contributed by atoms with Crippen molar-refractivity contribution in [2.24, 2.45) is 5.92 Å². The molecule has 0 spiro atoms. The van der Waals surface area contributed by atoms with Gasteiger partial charge < -0.3 is 5.32 Å². The van der Waals surface area contributed by atoms with E-state index in [-0.39, 0.29) is 24.8 Å². The standard InChI is InChI=1S/C13H20F3N3S/c1-3-17-8(2)11-18-19-12(20-11)9-4-6-10(7-5-9)13(14,15)16/h8-10,17H,3-7H2,1-2H3. The van der Waals surface area contributed by atoms with Crippen molar-refractivity contribution in [2.45, 2.75) is 57.7 Å². The summed E-state index contributed by atoms with van der Waals surface area (Å²) in [7, 11) is 0. The molecule has 1 aromatic heterocycles. The fraction of sp³-hybridized carbons (Fsp3) is 0.846. The molecule has 3 nitrogen and oxygen atoms in total. The zero-order valence-electron chi connectivity index (χ0n) is 11.7. The van der Waals surface area contributed by atoms with Crippen LogP contribution in [0, 0.1) is 5.92 Å². The lowest BCUT2D eigenvalue weighted by molar-refractivity contribution is -0.182. The Balaban J connectivity index is 1.94. The van der Waals surface area contributed by atoms with Crippen LogP contribution in [-0.2, 0) is 0 Å². The first-order valence-electron chi connectivity index (χ1n) is 7.05. The normalized spacial score (nSPS) is 25.6. The van der Waals surface area contributed by atoms with Crippen LogP contribution in [0.25, 0.3) is 0 Å². The molecule has 1 N–H and O–H groups in total. The average molecular weight is 307 g/mol. The van der Waals surface area contributed by atoms with Crippen molar-refractivity contribution < 1.29 is 13.2 Å². The van der Waals surface area contributed by atoms with Crippen LogP contribution in [0.2, 0.25) is 0 Å². The molecule has 0 aromatic carbocycles. The van der Waals surface area contributed by atoms with E-state index in [1.54, 1.807) is 0 Å². The average Bonchev–Trinajstić information content (AvgIpc) is 2.88. The van der Waals surface area contributed by atoms with E-state index in [2.05, 4.69) is 15.5 Å².